The van der Waals surface area contributed by atoms with Crippen LogP contribution in [0, 0.1) is 6.92 Å². The molecule has 0 saturated carbocycles. The van der Waals surface area contributed by atoms with Gasteiger partial charge in [0.1, 0.15) is 0 Å². The molecule has 0 spiro atoms. The number of nitrogens with one attached hydrogen (secondary N) is 1. The lowest BCUT2D eigenvalue weighted by molar-refractivity contribution is 0.0985. The number of hydrogen-bond donors (Lipinski definition) is 1. The molecule has 0 saturated heterocycles. The number of H-pyrrole nitrogens is 1. The second-order valence-electron chi connectivity index (χ2n) is 7.16. The van der Waals surface area contributed by atoms with E-state index in [1.165, 1.54) is 0 Å². The highest BCUT2D eigenvalue weighted by molar-refractivity contribution is 6.06. The van der Waals surface area contributed by atoms with Crippen molar-refractivity contribution in [2.75, 3.05) is 4.90 Å². The van der Waals surface area contributed by atoms with Crippen molar-refractivity contribution < 1.29 is 4.79 Å². The highest BCUT2D eigenvalue weighted by atomic mass is 16.2. The highest BCUT2D eigenvalue weighted by Crippen LogP contribution is 2.29. The fourth-order valence-corrected chi connectivity index (χ4v) is 3.77. The Morgan fingerprint density at radius 3 is 2.61 bits per heavy atom. The zero-order valence-electron chi connectivity index (χ0n) is 15.6. The van der Waals surface area contributed by atoms with E-state index in [0.717, 1.165) is 40.4 Å². The largest absolute Gasteiger partial charge is 0.345 e. The molecule has 5 rings (SSSR count). The molecule has 5 nitrogen and oxygen atoms in total. The third-order valence-electron chi connectivity index (χ3n) is 5.25. The molecule has 2 aromatic carbocycles. The van der Waals surface area contributed by atoms with Crippen molar-refractivity contribution in [1.82, 2.24) is 14.8 Å². The van der Waals surface area contributed by atoms with Gasteiger partial charge in [0.05, 0.1) is 12.2 Å². The second kappa shape index (κ2) is 6.53. The van der Waals surface area contributed by atoms with Crippen molar-refractivity contribution in [3.05, 3.63) is 95.4 Å². The summed E-state index contributed by atoms with van der Waals surface area (Å²) in [5.74, 6) is 0.00635. The first-order valence-corrected chi connectivity index (χ1v) is 9.35. The number of benzene rings is 2. The number of aryl methyl sites for hydroxylation is 1. The van der Waals surface area contributed by atoms with E-state index in [9.17, 15) is 4.79 Å². The molecule has 0 aliphatic carbocycles. The Kier molecular flexibility index (Phi) is 3.86. The lowest BCUT2D eigenvalue weighted by Crippen LogP contribution is -2.30. The zero-order valence-corrected chi connectivity index (χ0v) is 15.6. The number of para-hydroxylation sites is 1. The van der Waals surface area contributed by atoms with Crippen LogP contribution in [0.2, 0.25) is 0 Å². The van der Waals surface area contributed by atoms with E-state index in [4.69, 9.17) is 0 Å². The number of amides is 1. The van der Waals surface area contributed by atoms with Crippen LogP contribution in [0.4, 0.5) is 5.69 Å². The van der Waals surface area contributed by atoms with Crippen molar-refractivity contribution in [2.24, 2.45) is 0 Å². The van der Waals surface area contributed by atoms with Crippen molar-refractivity contribution in [2.45, 2.75) is 20.0 Å². The average Bonchev–Trinajstić information content (AvgIpc) is 3.32. The first-order valence-electron chi connectivity index (χ1n) is 9.35. The van der Waals surface area contributed by atoms with E-state index in [-0.39, 0.29) is 5.91 Å². The van der Waals surface area contributed by atoms with E-state index in [0.29, 0.717) is 12.1 Å². The normalized spacial score (nSPS) is 13.0. The SMILES string of the molecule is Cc1cc(-c2ccc(C(=O)N3Cc4cccn4Cc4ccccc43)cc2)n[nH]1. The van der Waals surface area contributed by atoms with Crippen molar-refractivity contribution in [3.63, 3.8) is 0 Å². The van der Waals surface area contributed by atoms with Gasteiger partial charge in [0.25, 0.3) is 5.91 Å². The number of anilines is 1. The Labute approximate surface area is 163 Å². The molecule has 138 valence electrons. The van der Waals surface area contributed by atoms with Gasteiger partial charge in [-0.05, 0) is 48.9 Å². The molecular formula is C23H20N4O. The van der Waals surface area contributed by atoms with Crippen LogP contribution < -0.4 is 4.90 Å². The van der Waals surface area contributed by atoms with Crippen molar-refractivity contribution >= 4 is 11.6 Å². The summed E-state index contributed by atoms with van der Waals surface area (Å²) < 4.78 is 2.20. The lowest BCUT2D eigenvalue weighted by Gasteiger charge is -2.23. The third kappa shape index (κ3) is 2.81. The number of carbonyl (C=O) groups excluding carboxylic acids is 1. The van der Waals surface area contributed by atoms with Gasteiger partial charge in [0, 0.05) is 40.9 Å². The van der Waals surface area contributed by atoms with Crippen LogP contribution in [0.5, 0.6) is 0 Å². The Balaban J connectivity index is 1.50. The quantitative estimate of drug-likeness (QED) is 0.570. The number of fused-ring (bicyclic) bond motifs is 2. The molecule has 1 amide bonds. The second-order valence-corrected chi connectivity index (χ2v) is 7.16. The fraction of sp³-hybridized carbons (Fsp3) is 0.130. The first-order chi connectivity index (χ1) is 13.7. The van der Waals surface area contributed by atoms with Crippen LogP contribution in [0.25, 0.3) is 11.3 Å². The predicted molar refractivity (Wildman–Crippen MR) is 109 cm³/mol. The third-order valence-corrected chi connectivity index (χ3v) is 5.25. The molecule has 1 N–H and O–H groups in total. The molecule has 0 radical (unpaired) electrons. The maximum absolute atomic E-state index is 13.4. The topological polar surface area (TPSA) is 53.9 Å². The van der Waals surface area contributed by atoms with E-state index in [1.54, 1.807) is 0 Å². The zero-order chi connectivity index (χ0) is 19.1. The molecule has 3 heterocycles. The Bertz CT molecular complexity index is 1150. The van der Waals surface area contributed by atoms with Crippen molar-refractivity contribution in [3.8, 4) is 11.3 Å². The number of hydrogen-bond acceptors (Lipinski definition) is 2. The summed E-state index contributed by atoms with van der Waals surface area (Å²) in [4.78, 5) is 15.3. The molecule has 4 aromatic rings. The van der Waals surface area contributed by atoms with Gasteiger partial charge in [-0.3, -0.25) is 9.89 Å². The summed E-state index contributed by atoms with van der Waals surface area (Å²) in [5, 5.41) is 7.24. The minimum atomic E-state index is 0.00635. The monoisotopic (exact) mass is 368 g/mol. The standard InChI is InChI=1S/C23H20N4O/c1-16-13-21(25-24-16)17-8-10-18(11-9-17)23(28)27-15-20-6-4-12-26(20)14-19-5-2-3-7-22(19)27/h2-13H,14-15H2,1H3,(H,24,25). The Morgan fingerprint density at radius 1 is 1.00 bits per heavy atom. The van der Waals surface area contributed by atoms with Gasteiger partial charge < -0.3 is 9.47 Å². The van der Waals surface area contributed by atoms with Gasteiger partial charge in [-0.1, -0.05) is 30.3 Å². The van der Waals surface area contributed by atoms with Crippen LogP contribution in [0.1, 0.15) is 27.3 Å². The van der Waals surface area contributed by atoms with E-state index >= 15 is 0 Å². The molecule has 0 atom stereocenters. The predicted octanol–water partition coefficient (Wildman–Crippen LogP) is 4.40. The first kappa shape index (κ1) is 16.6. The van der Waals surface area contributed by atoms with Gasteiger partial charge in [-0.25, -0.2) is 0 Å². The van der Waals surface area contributed by atoms with Gasteiger partial charge in [0.15, 0.2) is 0 Å². The van der Waals surface area contributed by atoms with Crippen molar-refractivity contribution in [1.29, 1.82) is 0 Å². The summed E-state index contributed by atoms with van der Waals surface area (Å²) in [6.45, 7) is 3.31. The molecule has 1 aliphatic rings. The lowest BCUT2D eigenvalue weighted by atomic mass is 10.1. The highest BCUT2D eigenvalue weighted by Gasteiger charge is 2.24. The van der Waals surface area contributed by atoms with Crippen LogP contribution in [0.15, 0.2) is 72.9 Å². The number of nitrogens with zero attached hydrogens (tertiary/aromatic N) is 3. The van der Waals surface area contributed by atoms with Crippen LogP contribution in [0.3, 0.4) is 0 Å². The van der Waals surface area contributed by atoms with E-state index in [1.807, 2.05) is 66.4 Å². The van der Waals surface area contributed by atoms with E-state index in [2.05, 4.69) is 33.1 Å². The summed E-state index contributed by atoms with van der Waals surface area (Å²) in [5.41, 5.74) is 6.82. The molecule has 2 aromatic heterocycles. The summed E-state index contributed by atoms with van der Waals surface area (Å²) in [7, 11) is 0. The average molecular weight is 368 g/mol. The molecule has 0 fully saturated rings. The molecule has 28 heavy (non-hydrogen) atoms. The number of aromatic amines is 1. The number of aromatic nitrogens is 3. The maximum atomic E-state index is 13.4. The summed E-state index contributed by atoms with van der Waals surface area (Å²) >= 11 is 0. The van der Waals surface area contributed by atoms with Gasteiger partial charge in [0.2, 0.25) is 0 Å². The molecular weight excluding hydrogens is 348 g/mol. The minimum Gasteiger partial charge on any atom is -0.345 e. The molecule has 0 bridgehead atoms. The minimum absolute atomic E-state index is 0.00635. The smallest absolute Gasteiger partial charge is 0.258 e. The van der Waals surface area contributed by atoms with Gasteiger partial charge in [-0.2, -0.15) is 5.10 Å². The maximum Gasteiger partial charge on any atom is 0.258 e. The van der Waals surface area contributed by atoms with Crippen LogP contribution in [-0.2, 0) is 13.1 Å². The molecule has 0 unspecified atom stereocenters. The van der Waals surface area contributed by atoms with Crippen LogP contribution >= 0.6 is 0 Å². The summed E-state index contributed by atoms with van der Waals surface area (Å²) in [6, 6.07) is 21.9. The van der Waals surface area contributed by atoms with E-state index < -0.39 is 0 Å². The fourth-order valence-electron chi connectivity index (χ4n) is 3.77. The molecule has 1 aliphatic heterocycles. The summed E-state index contributed by atoms with van der Waals surface area (Å²) in [6.07, 6.45) is 2.07. The van der Waals surface area contributed by atoms with Gasteiger partial charge >= 0.3 is 0 Å². The van der Waals surface area contributed by atoms with Crippen LogP contribution in [-0.4, -0.2) is 20.7 Å². The Morgan fingerprint density at radius 2 is 1.82 bits per heavy atom. The molecule has 5 heteroatoms. The Hall–Kier alpha value is -3.60. The number of carbonyl (C=O) groups is 1. The van der Waals surface area contributed by atoms with Gasteiger partial charge in [-0.15, -0.1) is 0 Å². The number of rotatable bonds is 2.